The maximum absolute atomic E-state index is 12.9. The van der Waals surface area contributed by atoms with E-state index in [-0.39, 0.29) is 18.0 Å². The lowest BCUT2D eigenvalue weighted by atomic mass is 10.1. The largest absolute Gasteiger partial charge is 0.337 e. The molecular weight excluding hydrogens is 412 g/mol. The van der Waals surface area contributed by atoms with E-state index in [9.17, 15) is 9.59 Å². The van der Waals surface area contributed by atoms with Crippen LogP contribution < -0.4 is 5.56 Å². The quantitative estimate of drug-likeness (QED) is 0.506. The van der Waals surface area contributed by atoms with E-state index in [1.54, 1.807) is 30.8 Å². The van der Waals surface area contributed by atoms with Crippen LogP contribution in [0.3, 0.4) is 0 Å². The summed E-state index contributed by atoms with van der Waals surface area (Å²) >= 11 is 6.05. The van der Waals surface area contributed by atoms with Crippen molar-refractivity contribution in [3.63, 3.8) is 0 Å². The first kappa shape index (κ1) is 20.6. The van der Waals surface area contributed by atoms with Crippen molar-refractivity contribution in [1.82, 2.24) is 19.7 Å². The number of pyridine rings is 1. The van der Waals surface area contributed by atoms with Gasteiger partial charge in [0, 0.05) is 41.6 Å². The highest BCUT2D eigenvalue weighted by Crippen LogP contribution is 2.26. The van der Waals surface area contributed by atoms with Gasteiger partial charge in [-0.3, -0.25) is 9.59 Å². The van der Waals surface area contributed by atoms with Gasteiger partial charge in [0.1, 0.15) is 5.56 Å². The maximum Gasteiger partial charge on any atom is 0.260 e. The molecule has 4 aromatic rings. The van der Waals surface area contributed by atoms with Gasteiger partial charge in [0.2, 0.25) is 0 Å². The standard InChI is InChI=1S/C24H21ClN4O2/c1-16-8-13-21(23(30)26-16)24(31)28(2)14-18-15-29(20-6-4-3-5-7-20)27-22(18)17-9-11-19(25)12-10-17/h3-13,15H,14H2,1-2H3,(H,26,30). The summed E-state index contributed by atoms with van der Waals surface area (Å²) in [6, 6.07) is 20.4. The van der Waals surface area contributed by atoms with Crippen LogP contribution in [0.1, 0.15) is 21.6 Å². The number of aryl methyl sites for hydroxylation is 1. The average Bonchev–Trinajstić information content (AvgIpc) is 3.18. The monoisotopic (exact) mass is 432 g/mol. The summed E-state index contributed by atoms with van der Waals surface area (Å²) in [6.45, 7) is 2.06. The minimum absolute atomic E-state index is 0.108. The molecule has 1 amide bonds. The van der Waals surface area contributed by atoms with Gasteiger partial charge in [-0.2, -0.15) is 5.10 Å². The van der Waals surface area contributed by atoms with Crippen molar-refractivity contribution in [2.75, 3.05) is 7.05 Å². The lowest BCUT2D eigenvalue weighted by Gasteiger charge is -2.17. The van der Waals surface area contributed by atoms with Gasteiger partial charge in [0.05, 0.1) is 11.4 Å². The van der Waals surface area contributed by atoms with Crippen LogP contribution in [0.4, 0.5) is 0 Å². The molecule has 0 unspecified atom stereocenters. The Morgan fingerprint density at radius 1 is 1.06 bits per heavy atom. The second-order valence-electron chi connectivity index (χ2n) is 7.34. The van der Waals surface area contributed by atoms with Crippen molar-refractivity contribution < 1.29 is 4.79 Å². The summed E-state index contributed by atoms with van der Waals surface area (Å²) < 4.78 is 1.79. The summed E-state index contributed by atoms with van der Waals surface area (Å²) in [6.07, 6.45) is 1.91. The summed E-state index contributed by atoms with van der Waals surface area (Å²) in [5, 5.41) is 5.40. The molecule has 7 heteroatoms. The fourth-order valence-corrected chi connectivity index (χ4v) is 3.49. The zero-order valence-corrected chi connectivity index (χ0v) is 17.9. The van der Waals surface area contributed by atoms with Crippen molar-refractivity contribution in [3.05, 3.63) is 105 Å². The molecule has 31 heavy (non-hydrogen) atoms. The van der Waals surface area contributed by atoms with Crippen LogP contribution in [0, 0.1) is 6.92 Å². The SMILES string of the molecule is Cc1ccc(C(=O)N(C)Cc2cn(-c3ccccc3)nc2-c2ccc(Cl)cc2)c(=O)[nH]1. The van der Waals surface area contributed by atoms with Crippen LogP contribution in [0.15, 0.2) is 77.7 Å². The molecule has 0 saturated heterocycles. The number of rotatable bonds is 5. The first-order valence-corrected chi connectivity index (χ1v) is 10.2. The normalized spacial score (nSPS) is 10.8. The highest BCUT2D eigenvalue weighted by molar-refractivity contribution is 6.30. The molecule has 1 N–H and O–H groups in total. The number of amides is 1. The molecule has 6 nitrogen and oxygen atoms in total. The molecule has 156 valence electrons. The Kier molecular flexibility index (Phi) is 5.73. The second kappa shape index (κ2) is 8.62. The van der Waals surface area contributed by atoms with Gasteiger partial charge in [-0.15, -0.1) is 0 Å². The molecule has 2 heterocycles. The smallest absolute Gasteiger partial charge is 0.260 e. The minimum Gasteiger partial charge on any atom is -0.337 e. The molecule has 4 rings (SSSR count). The van der Waals surface area contributed by atoms with Crippen LogP contribution in [-0.4, -0.2) is 32.6 Å². The topological polar surface area (TPSA) is 71.0 Å². The number of nitrogens with one attached hydrogen (secondary N) is 1. The number of aromatic nitrogens is 3. The number of halogens is 1. The third kappa shape index (κ3) is 4.44. The third-order valence-electron chi connectivity index (χ3n) is 4.97. The lowest BCUT2D eigenvalue weighted by molar-refractivity contribution is 0.0783. The Morgan fingerprint density at radius 2 is 1.77 bits per heavy atom. The van der Waals surface area contributed by atoms with Crippen LogP contribution >= 0.6 is 11.6 Å². The Balaban J connectivity index is 1.70. The molecule has 2 aromatic carbocycles. The summed E-state index contributed by atoms with van der Waals surface area (Å²) in [7, 11) is 1.67. The maximum atomic E-state index is 12.9. The van der Waals surface area contributed by atoms with Gasteiger partial charge < -0.3 is 9.88 Å². The second-order valence-corrected chi connectivity index (χ2v) is 7.77. The highest BCUT2D eigenvalue weighted by atomic mass is 35.5. The van der Waals surface area contributed by atoms with Crippen LogP contribution in [0.2, 0.25) is 5.02 Å². The van der Waals surface area contributed by atoms with E-state index in [4.69, 9.17) is 16.7 Å². The Hall–Kier alpha value is -3.64. The Morgan fingerprint density at radius 3 is 2.45 bits per heavy atom. The van der Waals surface area contributed by atoms with Gasteiger partial charge in [-0.25, -0.2) is 4.68 Å². The van der Waals surface area contributed by atoms with Crippen molar-refractivity contribution in [3.8, 4) is 16.9 Å². The minimum atomic E-state index is -0.394. The average molecular weight is 433 g/mol. The number of para-hydroxylation sites is 1. The van der Waals surface area contributed by atoms with Crippen LogP contribution in [-0.2, 0) is 6.54 Å². The number of hydrogen-bond acceptors (Lipinski definition) is 3. The van der Waals surface area contributed by atoms with Crippen LogP contribution in [0.25, 0.3) is 16.9 Å². The van der Waals surface area contributed by atoms with Gasteiger partial charge >= 0.3 is 0 Å². The number of H-pyrrole nitrogens is 1. The molecular formula is C24H21ClN4O2. The van der Waals surface area contributed by atoms with Gasteiger partial charge in [-0.1, -0.05) is 41.9 Å². The first-order chi connectivity index (χ1) is 14.9. The van der Waals surface area contributed by atoms with E-state index < -0.39 is 5.56 Å². The zero-order valence-electron chi connectivity index (χ0n) is 17.2. The van der Waals surface area contributed by atoms with E-state index in [1.807, 2.05) is 60.8 Å². The van der Waals surface area contributed by atoms with E-state index in [0.717, 1.165) is 22.5 Å². The van der Waals surface area contributed by atoms with Crippen molar-refractivity contribution in [2.24, 2.45) is 0 Å². The Labute approximate surface area is 184 Å². The van der Waals surface area contributed by atoms with E-state index >= 15 is 0 Å². The predicted octanol–water partition coefficient (Wildman–Crippen LogP) is 4.46. The zero-order chi connectivity index (χ0) is 22.0. The molecule has 0 aliphatic rings. The van der Waals surface area contributed by atoms with Gasteiger partial charge in [-0.05, 0) is 43.3 Å². The third-order valence-corrected chi connectivity index (χ3v) is 5.22. The molecule has 0 aliphatic heterocycles. The van der Waals surface area contributed by atoms with Crippen molar-refractivity contribution in [2.45, 2.75) is 13.5 Å². The van der Waals surface area contributed by atoms with E-state index in [1.165, 1.54) is 4.90 Å². The predicted molar refractivity (Wildman–Crippen MR) is 122 cm³/mol. The van der Waals surface area contributed by atoms with Gasteiger partial charge in [0.15, 0.2) is 0 Å². The lowest BCUT2D eigenvalue weighted by Crippen LogP contribution is -2.31. The van der Waals surface area contributed by atoms with Crippen molar-refractivity contribution in [1.29, 1.82) is 0 Å². The fraction of sp³-hybridized carbons (Fsp3) is 0.125. The Bertz CT molecular complexity index is 1280. The van der Waals surface area contributed by atoms with Crippen LogP contribution in [0.5, 0.6) is 0 Å². The number of carbonyl (C=O) groups excluding carboxylic acids is 1. The summed E-state index contributed by atoms with van der Waals surface area (Å²) in [5.74, 6) is -0.351. The number of benzene rings is 2. The molecule has 0 saturated carbocycles. The summed E-state index contributed by atoms with van der Waals surface area (Å²) in [4.78, 5) is 29.3. The number of hydrogen-bond donors (Lipinski definition) is 1. The molecule has 0 atom stereocenters. The molecule has 0 aliphatic carbocycles. The number of aromatic amines is 1. The number of carbonyl (C=O) groups is 1. The molecule has 0 radical (unpaired) electrons. The van der Waals surface area contributed by atoms with E-state index in [0.29, 0.717) is 10.7 Å². The first-order valence-electron chi connectivity index (χ1n) is 9.77. The molecule has 0 fully saturated rings. The summed E-state index contributed by atoms with van der Waals surface area (Å²) in [5.41, 5.74) is 3.82. The molecule has 0 spiro atoms. The van der Waals surface area contributed by atoms with E-state index in [2.05, 4.69) is 4.98 Å². The number of nitrogens with zero attached hydrogens (tertiary/aromatic N) is 3. The molecule has 0 bridgehead atoms. The van der Waals surface area contributed by atoms with Gasteiger partial charge in [0.25, 0.3) is 11.5 Å². The van der Waals surface area contributed by atoms with Crippen molar-refractivity contribution >= 4 is 17.5 Å². The molecule has 2 aromatic heterocycles. The fourth-order valence-electron chi connectivity index (χ4n) is 3.36. The highest BCUT2D eigenvalue weighted by Gasteiger charge is 2.19.